The van der Waals surface area contributed by atoms with Crippen LogP contribution in [0.15, 0.2) is 56.9 Å². The molecule has 4 rings (SSSR count). The molecule has 1 fully saturated rings. The van der Waals surface area contributed by atoms with Gasteiger partial charge in [-0.25, -0.2) is 8.42 Å². The van der Waals surface area contributed by atoms with Crippen molar-refractivity contribution in [1.29, 1.82) is 0 Å². The number of fused-ring (bicyclic) bond motifs is 1. The molecule has 0 aliphatic carbocycles. The first-order chi connectivity index (χ1) is 16.1. The number of carbonyl (C=O) groups is 2. The molecule has 2 amide bonds. The van der Waals surface area contributed by atoms with Crippen LogP contribution in [0.2, 0.25) is 0 Å². The van der Waals surface area contributed by atoms with Gasteiger partial charge in [-0.15, -0.1) is 0 Å². The van der Waals surface area contributed by atoms with Crippen molar-refractivity contribution in [3.05, 3.63) is 74.3 Å². The summed E-state index contributed by atoms with van der Waals surface area (Å²) in [6.45, 7) is 2.08. The Morgan fingerprint density at radius 2 is 1.32 bits per heavy atom. The Morgan fingerprint density at radius 1 is 0.794 bits per heavy atom. The standard InChI is InChI=1S/C21H22N6O6S/c1-26-8-10-27(11-9-26)34(32,33)15-5-2-13(3-6-15)18(28)24-25-19(29)14-4-7-16-17(12-14)23-21(31)20(30)22-16/h2-7,12H,8-11H2,1H3,(H,22,30)(H,23,31)(H,24,28)(H,25,29). The number of hydrogen-bond acceptors (Lipinski definition) is 7. The van der Waals surface area contributed by atoms with Crippen LogP contribution in [0.25, 0.3) is 11.0 Å². The number of amides is 2. The number of hydrazine groups is 1. The van der Waals surface area contributed by atoms with Crippen LogP contribution in [-0.4, -0.2) is 72.6 Å². The fraction of sp³-hybridized carbons (Fsp3) is 0.238. The van der Waals surface area contributed by atoms with Gasteiger partial charge in [0.05, 0.1) is 15.9 Å². The normalized spacial score (nSPS) is 15.2. The van der Waals surface area contributed by atoms with Crippen LogP contribution < -0.4 is 22.0 Å². The molecule has 0 unspecified atom stereocenters. The minimum atomic E-state index is -3.66. The smallest absolute Gasteiger partial charge is 0.314 e. The molecular weight excluding hydrogens is 464 g/mol. The van der Waals surface area contributed by atoms with Crippen molar-refractivity contribution in [2.75, 3.05) is 33.2 Å². The largest absolute Gasteiger partial charge is 0.316 e. The van der Waals surface area contributed by atoms with Gasteiger partial charge in [-0.05, 0) is 49.5 Å². The highest BCUT2D eigenvalue weighted by Crippen LogP contribution is 2.18. The van der Waals surface area contributed by atoms with Crippen LogP contribution in [0.5, 0.6) is 0 Å². The summed E-state index contributed by atoms with van der Waals surface area (Å²) in [6, 6.07) is 9.64. The van der Waals surface area contributed by atoms with Gasteiger partial charge in [0.2, 0.25) is 10.0 Å². The van der Waals surface area contributed by atoms with Crippen LogP contribution in [0, 0.1) is 0 Å². The number of nitrogens with one attached hydrogen (secondary N) is 4. The van der Waals surface area contributed by atoms with Gasteiger partial charge in [0.1, 0.15) is 0 Å². The van der Waals surface area contributed by atoms with Crippen LogP contribution in [0.4, 0.5) is 0 Å². The molecular formula is C21H22N6O6S. The number of carbonyl (C=O) groups excluding carboxylic acids is 2. The predicted molar refractivity (Wildman–Crippen MR) is 123 cm³/mol. The molecule has 0 bridgehead atoms. The first-order valence-electron chi connectivity index (χ1n) is 10.3. The first kappa shape index (κ1) is 23.4. The van der Waals surface area contributed by atoms with E-state index in [1.54, 1.807) is 0 Å². The van der Waals surface area contributed by atoms with E-state index in [4.69, 9.17) is 0 Å². The summed E-state index contributed by atoms with van der Waals surface area (Å²) in [5.41, 5.74) is 3.73. The van der Waals surface area contributed by atoms with Crippen molar-refractivity contribution in [2.45, 2.75) is 4.90 Å². The first-order valence-corrected chi connectivity index (χ1v) is 11.7. The molecule has 1 aliphatic heterocycles. The number of rotatable bonds is 4. The van der Waals surface area contributed by atoms with Gasteiger partial charge < -0.3 is 14.9 Å². The van der Waals surface area contributed by atoms with E-state index in [2.05, 4.69) is 20.8 Å². The second-order valence-electron chi connectivity index (χ2n) is 7.81. The molecule has 34 heavy (non-hydrogen) atoms. The van der Waals surface area contributed by atoms with Crippen LogP contribution in [0.1, 0.15) is 20.7 Å². The third kappa shape index (κ3) is 4.76. The molecule has 1 aliphatic rings. The summed E-state index contributed by atoms with van der Waals surface area (Å²) < 4.78 is 27.0. The van der Waals surface area contributed by atoms with E-state index in [1.165, 1.54) is 46.8 Å². The lowest BCUT2D eigenvalue weighted by atomic mass is 10.2. The highest BCUT2D eigenvalue weighted by Gasteiger charge is 2.27. The lowest BCUT2D eigenvalue weighted by Gasteiger charge is -2.31. The number of hydrogen-bond donors (Lipinski definition) is 4. The monoisotopic (exact) mass is 486 g/mol. The average molecular weight is 487 g/mol. The van der Waals surface area contributed by atoms with Gasteiger partial charge in [0, 0.05) is 37.3 Å². The van der Waals surface area contributed by atoms with Gasteiger partial charge in [-0.1, -0.05) is 0 Å². The van der Waals surface area contributed by atoms with Crippen molar-refractivity contribution in [3.63, 3.8) is 0 Å². The van der Waals surface area contributed by atoms with Crippen LogP contribution in [0.3, 0.4) is 0 Å². The summed E-state index contributed by atoms with van der Waals surface area (Å²) in [4.78, 5) is 54.5. The molecule has 0 radical (unpaired) electrons. The van der Waals surface area contributed by atoms with Crippen molar-refractivity contribution in [3.8, 4) is 0 Å². The average Bonchev–Trinajstić information content (AvgIpc) is 2.83. The number of likely N-dealkylation sites (N-methyl/N-ethyl adjacent to an activating group) is 1. The highest BCUT2D eigenvalue weighted by molar-refractivity contribution is 7.89. The van der Waals surface area contributed by atoms with Gasteiger partial charge >= 0.3 is 11.1 Å². The van der Waals surface area contributed by atoms with E-state index in [0.29, 0.717) is 31.7 Å². The molecule has 1 aromatic heterocycles. The zero-order valence-electron chi connectivity index (χ0n) is 18.1. The number of H-pyrrole nitrogens is 2. The van der Waals surface area contributed by atoms with E-state index in [-0.39, 0.29) is 21.5 Å². The highest BCUT2D eigenvalue weighted by atomic mass is 32.2. The second-order valence-corrected chi connectivity index (χ2v) is 9.75. The molecule has 4 N–H and O–H groups in total. The van der Waals surface area contributed by atoms with Crippen LogP contribution in [-0.2, 0) is 10.0 Å². The van der Waals surface area contributed by atoms with Gasteiger partial charge in [-0.2, -0.15) is 4.31 Å². The maximum atomic E-state index is 12.8. The zero-order valence-corrected chi connectivity index (χ0v) is 18.9. The summed E-state index contributed by atoms with van der Waals surface area (Å²) in [5.74, 6) is -1.30. The van der Waals surface area contributed by atoms with Crippen molar-refractivity contribution >= 4 is 32.9 Å². The molecule has 178 valence electrons. The molecule has 13 heteroatoms. The minimum Gasteiger partial charge on any atom is -0.316 e. The van der Waals surface area contributed by atoms with Gasteiger partial charge in [0.15, 0.2) is 0 Å². The lowest BCUT2D eigenvalue weighted by Crippen LogP contribution is -2.47. The quantitative estimate of drug-likeness (QED) is 0.278. The fourth-order valence-electron chi connectivity index (χ4n) is 3.47. The number of nitrogens with zero attached hydrogens (tertiary/aromatic N) is 2. The Kier molecular flexibility index (Phi) is 6.32. The molecule has 0 atom stereocenters. The van der Waals surface area contributed by atoms with Gasteiger partial charge in [0.25, 0.3) is 11.8 Å². The maximum absolute atomic E-state index is 12.8. The number of aromatic nitrogens is 2. The molecule has 2 heterocycles. The summed E-state index contributed by atoms with van der Waals surface area (Å²) >= 11 is 0. The van der Waals surface area contributed by atoms with E-state index >= 15 is 0 Å². The van der Waals surface area contributed by atoms with Crippen molar-refractivity contribution in [1.82, 2.24) is 30.0 Å². The molecule has 2 aromatic carbocycles. The number of sulfonamides is 1. The van der Waals surface area contributed by atoms with Crippen molar-refractivity contribution < 1.29 is 18.0 Å². The third-order valence-electron chi connectivity index (χ3n) is 5.49. The van der Waals surface area contributed by atoms with Gasteiger partial charge in [-0.3, -0.25) is 30.0 Å². The number of aromatic amines is 2. The number of piperazine rings is 1. The minimum absolute atomic E-state index is 0.0841. The van der Waals surface area contributed by atoms with E-state index in [1.807, 2.05) is 11.9 Å². The Balaban J connectivity index is 1.40. The maximum Gasteiger partial charge on any atom is 0.314 e. The van der Waals surface area contributed by atoms with Crippen molar-refractivity contribution in [2.24, 2.45) is 0 Å². The summed E-state index contributed by atoms with van der Waals surface area (Å²) in [6.07, 6.45) is 0. The summed E-state index contributed by atoms with van der Waals surface area (Å²) in [5, 5.41) is 0. The Bertz CT molecular complexity index is 1470. The Hall–Kier alpha value is -3.81. The number of benzene rings is 2. The lowest BCUT2D eigenvalue weighted by molar-refractivity contribution is 0.0846. The van der Waals surface area contributed by atoms with E-state index < -0.39 is 33.0 Å². The zero-order chi connectivity index (χ0) is 24.5. The van der Waals surface area contributed by atoms with Crippen LogP contribution >= 0.6 is 0 Å². The second kappa shape index (κ2) is 9.21. The van der Waals surface area contributed by atoms with E-state index in [0.717, 1.165) is 0 Å². The SMILES string of the molecule is CN1CCN(S(=O)(=O)c2ccc(C(=O)NNC(=O)c3ccc4[nH]c(=O)c(=O)[nH]c4c3)cc2)CC1. The fourth-order valence-corrected chi connectivity index (χ4v) is 4.89. The summed E-state index contributed by atoms with van der Waals surface area (Å²) in [7, 11) is -1.73. The molecule has 3 aromatic rings. The molecule has 1 saturated heterocycles. The topological polar surface area (TPSA) is 165 Å². The molecule has 12 nitrogen and oxygen atoms in total. The third-order valence-corrected chi connectivity index (χ3v) is 7.40. The Labute approximate surface area is 193 Å². The molecule has 0 saturated carbocycles. The van der Waals surface area contributed by atoms with E-state index in [9.17, 15) is 27.6 Å². The Morgan fingerprint density at radius 3 is 1.94 bits per heavy atom. The predicted octanol–water partition coefficient (Wildman–Crippen LogP) is -0.773. The molecule has 0 spiro atoms.